The lowest BCUT2D eigenvalue weighted by molar-refractivity contribution is -0.871. The first-order valence-corrected chi connectivity index (χ1v) is 15.7. The van der Waals surface area contributed by atoms with Gasteiger partial charge in [-0.1, -0.05) is 43.1 Å². The molecule has 222 valence electrons. The molecule has 41 heavy (non-hydrogen) atoms. The lowest BCUT2D eigenvalue weighted by Gasteiger charge is -2.29. The molecule has 0 spiro atoms. The van der Waals surface area contributed by atoms with Crippen molar-refractivity contribution in [1.29, 1.82) is 0 Å². The van der Waals surface area contributed by atoms with Gasteiger partial charge in [-0.15, -0.1) is 0 Å². The Bertz CT molecular complexity index is 1380. The second-order valence-electron chi connectivity index (χ2n) is 14.9. The van der Waals surface area contributed by atoms with Gasteiger partial charge >= 0.3 is 0 Å². The summed E-state index contributed by atoms with van der Waals surface area (Å²) in [5.41, 5.74) is 7.51. The third kappa shape index (κ3) is 6.94. The van der Waals surface area contributed by atoms with E-state index in [-0.39, 0.29) is 10.8 Å². The number of rotatable bonds is 10. The number of nitrogens with zero attached hydrogens (tertiary/aromatic N) is 4. The van der Waals surface area contributed by atoms with Gasteiger partial charge in [-0.3, -0.25) is 0 Å². The number of benzene rings is 2. The molecule has 0 unspecified atom stereocenters. The van der Waals surface area contributed by atoms with Gasteiger partial charge in [0.1, 0.15) is 0 Å². The van der Waals surface area contributed by atoms with E-state index in [1.807, 2.05) is 12.1 Å². The Morgan fingerprint density at radius 2 is 1.37 bits per heavy atom. The minimum atomic E-state index is -0.141. The van der Waals surface area contributed by atoms with Gasteiger partial charge in [-0.25, -0.2) is 0 Å². The van der Waals surface area contributed by atoms with E-state index in [0.717, 1.165) is 58.0 Å². The number of hydrogen-bond donors (Lipinski definition) is 0. The SMILES string of the molecule is CC1(C)C(=CC=CC2=[N+](CCC[N+](C)(C)C)c3ccc(Cl)cc3C2(C)C)N(CCC[N+](C)(C)C)c2ccc(Cl)cc21. The van der Waals surface area contributed by atoms with Crippen molar-refractivity contribution in [3.05, 3.63) is 81.5 Å². The molecule has 0 radical (unpaired) electrons. The molecule has 0 N–H and O–H groups in total. The van der Waals surface area contributed by atoms with Crippen molar-refractivity contribution in [2.45, 2.75) is 51.4 Å². The van der Waals surface area contributed by atoms with E-state index in [0.29, 0.717) is 0 Å². The van der Waals surface area contributed by atoms with E-state index in [4.69, 9.17) is 23.2 Å². The highest BCUT2D eigenvalue weighted by Gasteiger charge is 2.45. The van der Waals surface area contributed by atoms with Crippen molar-refractivity contribution in [3.63, 3.8) is 0 Å². The van der Waals surface area contributed by atoms with Crippen LogP contribution < -0.4 is 4.90 Å². The Hall–Kier alpha value is -2.11. The molecule has 2 aromatic rings. The number of quaternary nitrogens is 2. The Labute approximate surface area is 259 Å². The van der Waals surface area contributed by atoms with Gasteiger partial charge in [-0.05, 0) is 55.8 Å². The molecule has 2 aromatic carbocycles. The molecule has 0 saturated carbocycles. The van der Waals surface area contributed by atoms with Gasteiger partial charge in [0.05, 0.1) is 67.2 Å². The van der Waals surface area contributed by atoms with Gasteiger partial charge in [0.2, 0.25) is 5.69 Å². The van der Waals surface area contributed by atoms with E-state index < -0.39 is 0 Å². The van der Waals surface area contributed by atoms with Crippen LogP contribution in [0.15, 0.2) is 60.3 Å². The fourth-order valence-corrected chi connectivity index (χ4v) is 6.76. The summed E-state index contributed by atoms with van der Waals surface area (Å²) in [6.45, 7) is 13.5. The van der Waals surface area contributed by atoms with Crippen LogP contribution in [0.1, 0.15) is 51.7 Å². The van der Waals surface area contributed by atoms with Crippen LogP contribution in [0.3, 0.4) is 0 Å². The van der Waals surface area contributed by atoms with Crippen LogP contribution in [-0.2, 0) is 10.8 Å². The molecule has 0 amide bonds. The lowest BCUT2D eigenvalue weighted by Crippen LogP contribution is -2.37. The zero-order valence-electron chi connectivity index (χ0n) is 27.0. The standard InChI is InChI=1S/C35H51Cl2N4/c1-34(2)28-24-26(36)16-18-30(28)38(20-12-22-40(5,6)7)32(34)14-11-15-33-35(3,4)29-25-27(37)17-19-31(29)39(33)21-13-23-41(8,9)10/h11,14-19,24-25H,12-13,20-23H2,1-10H3/q+3. The number of hydrogen-bond acceptors (Lipinski definition) is 1. The predicted octanol–water partition coefficient (Wildman–Crippen LogP) is 7.80. The van der Waals surface area contributed by atoms with E-state index >= 15 is 0 Å². The molecule has 2 heterocycles. The Morgan fingerprint density at radius 1 is 0.780 bits per heavy atom. The van der Waals surface area contributed by atoms with Gasteiger partial charge in [0.15, 0.2) is 12.3 Å². The quantitative estimate of drug-likeness (QED) is 0.200. The lowest BCUT2D eigenvalue weighted by atomic mass is 9.81. The number of anilines is 1. The molecule has 0 atom stereocenters. The van der Waals surface area contributed by atoms with Crippen LogP contribution in [0.25, 0.3) is 0 Å². The van der Waals surface area contributed by atoms with Gasteiger partial charge < -0.3 is 13.9 Å². The maximum absolute atomic E-state index is 6.50. The molecule has 2 aliphatic rings. The van der Waals surface area contributed by atoms with Crippen LogP contribution >= 0.6 is 23.2 Å². The van der Waals surface area contributed by atoms with E-state index in [1.165, 1.54) is 33.9 Å². The van der Waals surface area contributed by atoms with Gasteiger partial charge in [0, 0.05) is 57.5 Å². The summed E-state index contributed by atoms with van der Waals surface area (Å²) in [6.07, 6.45) is 9.17. The topological polar surface area (TPSA) is 6.25 Å². The summed E-state index contributed by atoms with van der Waals surface area (Å²) in [5, 5.41) is 1.59. The molecular formula is C35H51Cl2N4+3. The fourth-order valence-electron chi connectivity index (χ4n) is 6.41. The zero-order chi connectivity index (χ0) is 30.4. The fraction of sp³-hybridized carbons (Fsp3) is 0.514. The van der Waals surface area contributed by atoms with Crippen molar-refractivity contribution in [1.82, 2.24) is 0 Å². The molecule has 0 aromatic heterocycles. The summed E-state index contributed by atoms with van der Waals surface area (Å²) < 4.78 is 4.45. The Kier molecular flexibility index (Phi) is 8.94. The molecular weight excluding hydrogens is 547 g/mol. The first kappa shape index (κ1) is 31.8. The zero-order valence-corrected chi connectivity index (χ0v) is 28.5. The molecule has 0 fully saturated rings. The molecule has 4 nitrogen and oxygen atoms in total. The Balaban J connectivity index is 1.73. The summed E-state index contributed by atoms with van der Waals surface area (Å²) >= 11 is 13.0. The highest BCUT2D eigenvalue weighted by molar-refractivity contribution is 6.31. The Morgan fingerprint density at radius 3 is 2.00 bits per heavy atom. The van der Waals surface area contributed by atoms with Crippen molar-refractivity contribution in [2.75, 3.05) is 73.4 Å². The van der Waals surface area contributed by atoms with Crippen molar-refractivity contribution in [2.24, 2.45) is 0 Å². The largest absolute Gasteiger partial charge is 0.344 e. The van der Waals surface area contributed by atoms with Crippen LogP contribution in [0.2, 0.25) is 10.0 Å². The van der Waals surface area contributed by atoms with Crippen molar-refractivity contribution < 1.29 is 13.5 Å². The van der Waals surface area contributed by atoms with E-state index in [1.54, 1.807) is 0 Å². The number of allylic oxidation sites excluding steroid dienone is 4. The minimum absolute atomic E-state index is 0.141. The van der Waals surface area contributed by atoms with E-state index in [2.05, 4.69) is 122 Å². The van der Waals surface area contributed by atoms with Gasteiger partial charge in [-0.2, -0.15) is 4.58 Å². The predicted molar refractivity (Wildman–Crippen MR) is 178 cm³/mol. The van der Waals surface area contributed by atoms with Gasteiger partial charge in [0.25, 0.3) is 0 Å². The summed E-state index contributed by atoms with van der Waals surface area (Å²) in [4.78, 5) is 2.52. The van der Waals surface area contributed by atoms with Crippen LogP contribution in [-0.4, -0.2) is 87.7 Å². The van der Waals surface area contributed by atoms with Crippen LogP contribution in [0.4, 0.5) is 11.4 Å². The molecule has 6 heteroatoms. The molecule has 0 aliphatic carbocycles. The monoisotopic (exact) mass is 597 g/mol. The molecule has 4 rings (SSSR count). The number of halogens is 2. The van der Waals surface area contributed by atoms with Crippen molar-refractivity contribution >= 4 is 40.3 Å². The second kappa shape index (κ2) is 11.5. The van der Waals surface area contributed by atoms with Crippen LogP contribution in [0.5, 0.6) is 0 Å². The highest BCUT2D eigenvalue weighted by Crippen LogP contribution is 2.49. The average molecular weight is 599 g/mol. The highest BCUT2D eigenvalue weighted by atomic mass is 35.5. The number of fused-ring (bicyclic) bond motifs is 2. The maximum atomic E-state index is 6.50. The minimum Gasteiger partial charge on any atom is -0.344 e. The third-order valence-corrected chi connectivity index (χ3v) is 9.11. The van der Waals surface area contributed by atoms with Crippen LogP contribution in [0, 0.1) is 0 Å². The third-order valence-electron chi connectivity index (χ3n) is 8.64. The molecule has 0 saturated heterocycles. The summed E-state index contributed by atoms with van der Waals surface area (Å²) in [7, 11) is 13.6. The second-order valence-corrected chi connectivity index (χ2v) is 15.8. The normalized spacial score (nSPS) is 19.0. The first-order chi connectivity index (χ1) is 18.9. The average Bonchev–Trinajstić information content (AvgIpc) is 3.16. The van der Waals surface area contributed by atoms with Crippen molar-refractivity contribution in [3.8, 4) is 0 Å². The smallest absolute Gasteiger partial charge is 0.209 e. The summed E-state index contributed by atoms with van der Waals surface area (Å²) in [6, 6.07) is 12.7. The molecule has 2 aliphatic heterocycles. The maximum Gasteiger partial charge on any atom is 0.209 e. The summed E-state index contributed by atoms with van der Waals surface area (Å²) in [5.74, 6) is 0. The molecule has 0 bridgehead atoms. The van der Waals surface area contributed by atoms with E-state index in [9.17, 15) is 0 Å². The first-order valence-electron chi connectivity index (χ1n) is 14.9.